The summed E-state index contributed by atoms with van der Waals surface area (Å²) in [5.41, 5.74) is 3.76. The van der Waals surface area contributed by atoms with Crippen molar-refractivity contribution in [3.63, 3.8) is 0 Å². The average Bonchev–Trinajstić information content (AvgIpc) is 2.48. The number of hydrogen-bond acceptors (Lipinski definition) is 2. The van der Waals surface area contributed by atoms with E-state index in [2.05, 4.69) is 60.8 Å². The van der Waals surface area contributed by atoms with Crippen molar-refractivity contribution < 1.29 is 4.74 Å². The Labute approximate surface area is 115 Å². The Kier molecular flexibility index (Phi) is 5.13. The third-order valence-corrected chi connectivity index (χ3v) is 3.20. The molecule has 0 aliphatic heterocycles. The number of hydrogen-bond donors (Lipinski definition) is 1. The summed E-state index contributed by atoms with van der Waals surface area (Å²) in [6.07, 6.45) is 0. The number of benzene rings is 2. The van der Waals surface area contributed by atoms with Crippen LogP contribution in [-0.4, -0.2) is 20.3 Å². The van der Waals surface area contributed by atoms with Gasteiger partial charge in [0.15, 0.2) is 0 Å². The molecule has 2 aromatic rings. The summed E-state index contributed by atoms with van der Waals surface area (Å²) in [4.78, 5) is 0. The zero-order chi connectivity index (χ0) is 13.5. The average molecular weight is 255 g/mol. The van der Waals surface area contributed by atoms with Gasteiger partial charge in [-0.2, -0.15) is 0 Å². The number of rotatable bonds is 6. The Morgan fingerprint density at radius 1 is 0.947 bits per heavy atom. The van der Waals surface area contributed by atoms with Gasteiger partial charge < -0.3 is 10.1 Å². The van der Waals surface area contributed by atoms with Crippen molar-refractivity contribution in [1.82, 2.24) is 5.32 Å². The van der Waals surface area contributed by atoms with Crippen molar-refractivity contribution in [3.05, 3.63) is 60.2 Å². The summed E-state index contributed by atoms with van der Waals surface area (Å²) >= 11 is 0. The summed E-state index contributed by atoms with van der Waals surface area (Å²) < 4.78 is 5.26. The maximum Gasteiger partial charge on any atom is 0.0657 e. The molecular weight excluding hydrogens is 234 g/mol. The zero-order valence-electron chi connectivity index (χ0n) is 11.6. The molecule has 2 aromatic carbocycles. The Morgan fingerprint density at radius 2 is 1.58 bits per heavy atom. The number of nitrogens with one attached hydrogen (secondary N) is 1. The number of methoxy groups -OCH3 is 1. The first kappa shape index (κ1) is 13.8. The molecule has 0 heterocycles. The lowest BCUT2D eigenvalue weighted by Gasteiger charge is -2.17. The fraction of sp³-hybridized carbons (Fsp3) is 0.294. The van der Waals surface area contributed by atoms with Crippen molar-refractivity contribution in [1.29, 1.82) is 0 Å². The molecule has 19 heavy (non-hydrogen) atoms. The lowest BCUT2D eigenvalue weighted by molar-refractivity contribution is 0.168. The molecule has 0 fully saturated rings. The van der Waals surface area contributed by atoms with Crippen LogP contribution in [0, 0.1) is 0 Å². The molecule has 0 aromatic heterocycles. The highest BCUT2D eigenvalue weighted by Gasteiger charge is 2.09. The molecule has 2 heteroatoms. The molecular formula is C17H21NO. The molecule has 0 amide bonds. The Morgan fingerprint density at radius 3 is 2.16 bits per heavy atom. The standard InChI is InChI=1S/C17H21NO/c1-3-18-17(13-19-2)16-11-9-15(10-12-16)14-7-5-4-6-8-14/h4-12,17-18H,3,13H2,1-2H3. The minimum Gasteiger partial charge on any atom is -0.383 e. The van der Waals surface area contributed by atoms with E-state index in [1.54, 1.807) is 7.11 Å². The summed E-state index contributed by atoms with van der Waals surface area (Å²) in [7, 11) is 1.74. The Balaban J connectivity index is 2.17. The van der Waals surface area contributed by atoms with Crippen molar-refractivity contribution >= 4 is 0 Å². The Hall–Kier alpha value is -1.64. The van der Waals surface area contributed by atoms with Gasteiger partial charge in [0, 0.05) is 7.11 Å². The highest BCUT2D eigenvalue weighted by molar-refractivity contribution is 5.63. The molecule has 100 valence electrons. The van der Waals surface area contributed by atoms with E-state index in [4.69, 9.17) is 4.74 Å². The first-order valence-corrected chi connectivity index (χ1v) is 6.73. The van der Waals surface area contributed by atoms with Gasteiger partial charge in [0.25, 0.3) is 0 Å². The van der Waals surface area contributed by atoms with Gasteiger partial charge in [-0.15, -0.1) is 0 Å². The fourth-order valence-electron chi connectivity index (χ4n) is 2.22. The van der Waals surface area contributed by atoms with E-state index in [1.807, 2.05) is 6.07 Å². The van der Waals surface area contributed by atoms with E-state index >= 15 is 0 Å². The molecule has 0 spiro atoms. The van der Waals surface area contributed by atoms with Gasteiger partial charge in [-0.25, -0.2) is 0 Å². The summed E-state index contributed by atoms with van der Waals surface area (Å²) in [6.45, 7) is 3.74. The molecule has 0 saturated heterocycles. The molecule has 2 nitrogen and oxygen atoms in total. The number of ether oxygens (including phenoxy) is 1. The van der Waals surface area contributed by atoms with Crippen molar-refractivity contribution in [2.24, 2.45) is 0 Å². The van der Waals surface area contributed by atoms with E-state index in [9.17, 15) is 0 Å². The van der Waals surface area contributed by atoms with Crippen LogP contribution in [0.25, 0.3) is 11.1 Å². The van der Waals surface area contributed by atoms with Gasteiger partial charge in [0.1, 0.15) is 0 Å². The molecule has 1 atom stereocenters. The maximum absolute atomic E-state index is 5.26. The van der Waals surface area contributed by atoms with E-state index in [0.717, 1.165) is 6.54 Å². The van der Waals surface area contributed by atoms with Crippen LogP contribution in [0.15, 0.2) is 54.6 Å². The third-order valence-electron chi connectivity index (χ3n) is 3.20. The van der Waals surface area contributed by atoms with Crippen LogP contribution in [-0.2, 0) is 4.74 Å². The fourth-order valence-corrected chi connectivity index (χ4v) is 2.22. The lowest BCUT2D eigenvalue weighted by atomic mass is 10.0. The van der Waals surface area contributed by atoms with Crippen LogP contribution >= 0.6 is 0 Å². The summed E-state index contributed by atoms with van der Waals surface area (Å²) in [5.74, 6) is 0. The number of likely N-dealkylation sites (N-methyl/N-ethyl adjacent to an activating group) is 1. The second kappa shape index (κ2) is 7.07. The summed E-state index contributed by atoms with van der Waals surface area (Å²) in [6, 6.07) is 19.4. The van der Waals surface area contributed by atoms with Crippen LogP contribution in [0.3, 0.4) is 0 Å². The minimum atomic E-state index is 0.264. The van der Waals surface area contributed by atoms with Crippen molar-refractivity contribution in [2.75, 3.05) is 20.3 Å². The summed E-state index contributed by atoms with van der Waals surface area (Å²) in [5, 5.41) is 3.43. The molecule has 0 saturated carbocycles. The predicted molar refractivity (Wildman–Crippen MR) is 80.2 cm³/mol. The monoisotopic (exact) mass is 255 g/mol. The highest BCUT2D eigenvalue weighted by Crippen LogP contribution is 2.21. The van der Waals surface area contributed by atoms with Gasteiger partial charge >= 0.3 is 0 Å². The lowest BCUT2D eigenvalue weighted by Crippen LogP contribution is -2.24. The van der Waals surface area contributed by atoms with E-state index < -0.39 is 0 Å². The first-order chi connectivity index (χ1) is 9.35. The van der Waals surface area contributed by atoms with Crippen LogP contribution in [0.2, 0.25) is 0 Å². The van der Waals surface area contributed by atoms with Gasteiger partial charge in [0.05, 0.1) is 12.6 Å². The smallest absolute Gasteiger partial charge is 0.0657 e. The van der Waals surface area contributed by atoms with Crippen LogP contribution in [0.4, 0.5) is 0 Å². The minimum absolute atomic E-state index is 0.264. The second-order valence-electron chi connectivity index (χ2n) is 4.55. The van der Waals surface area contributed by atoms with Gasteiger partial charge in [-0.1, -0.05) is 61.5 Å². The molecule has 0 radical (unpaired) electrons. The topological polar surface area (TPSA) is 21.3 Å². The van der Waals surface area contributed by atoms with Crippen molar-refractivity contribution in [3.8, 4) is 11.1 Å². The zero-order valence-corrected chi connectivity index (χ0v) is 11.6. The highest BCUT2D eigenvalue weighted by atomic mass is 16.5. The molecule has 0 aliphatic rings. The van der Waals surface area contributed by atoms with Crippen LogP contribution in [0.1, 0.15) is 18.5 Å². The molecule has 1 N–H and O–H groups in total. The normalized spacial score (nSPS) is 12.3. The SMILES string of the molecule is CCNC(COC)c1ccc(-c2ccccc2)cc1. The first-order valence-electron chi connectivity index (χ1n) is 6.73. The van der Waals surface area contributed by atoms with Crippen LogP contribution in [0.5, 0.6) is 0 Å². The molecule has 2 rings (SSSR count). The van der Waals surface area contributed by atoms with E-state index in [1.165, 1.54) is 16.7 Å². The largest absolute Gasteiger partial charge is 0.383 e. The second-order valence-corrected chi connectivity index (χ2v) is 4.55. The predicted octanol–water partition coefficient (Wildman–Crippen LogP) is 3.65. The van der Waals surface area contributed by atoms with Gasteiger partial charge in [0.2, 0.25) is 0 Å². The molecule has 0 bridgehead atoms. The van der Waals surface area contributed by atoms with Gasteiger partial charge in [-0.05, 0) is 23.2 Å². The van der Waals surface area contributed by atoms with Crippen LogP contribution < -0.4 is 5.32 Å². The molecule has 0 aliphatic carbocycles. The maximum atomic E-state index is 5.26. The Bertz CT molecular complexity index is 472. The van der Waals surface area contributed by atoms with E-state index in [0.29, 0.717) is 6.61 Å². The quantitative estimate of drug-likeness (QED) is 0.850. The third kappa shape index (κ3) is 3.66. The molecule has 1 unspecified atom stereocenters. The van der Waals surface area contributed by atoms with Gasteiger partial charge in [-0.3, -0.25) is 0 Å². The van der Waals surface area contributed by atoms with Crippen molar-refractivity contribution in [2.45, 2.75) is 13.0 Å². The van der Waals surface area contributed by atoms with E-state index in [-0.39, 0.29) is 6.04 Å².